The number of carbonyl (C=O) groups is 1. The van der Waals surface area contributed by atoms with Crippen LogP contribution in [0.25, 0.3) is 6.08 Å². The average molecular weight is 507 g/mol. The van der Waals surface area contributed by atoms with Gasteiger partial charge in [-0.1, -0.05) is 12.1 Å². The molecule has 0 atom stereocenters. The van der Waals surface area contributed by atoms with Crippen LogP contribution >= 0.6 is 12.2 Å². The highest BCUT2D eigenvalue weighted by Crippen LogP contribution is 2.25. The predicted molar refractivity (Wildman–Crippen MR) is 135 cm³/mol. The Morgan fingerprint density at radius 2 is 2.00 bits per heavy atom. The van der Waals surface area contributed by atoms with Gasteiger partial charge in [0.2, 0.25) is 5.91 Å². The summed E-state index contributed by atoms with van der Waals surface area (Å²) in [5.41, 5.74) is 1.38. The third kappa shape index (κ3) is 9.46. The molecular weight excluding hydrogens is 476 g/mol. The van der Waals surface area contributed by atoms with Crippen LogP contribution in [0, 0.1) is 0 Å². The number of benzene rings is 1. The molecule has 0 unspecified atom stereocenters. The average Bonchev–Trinajstić information content (AvgIpc) is 2.78. The van der Waals surface area contributed by atoms with Crippen molar-refractivity contribution in [3.63, 3.8) is 0 Å². The molecule has 2 rings (SSSR count). The molecule has 0 aliphatic heterocycles. The second kappa shape index (κ2) is 13.6. The fraction of sp³-hybridized carbons (Fsp3) is 0.348. The molecule has 1 aromatic heterocycles. The van der Waals surface area contributed by atoms with E-state index >= 15 is 0 Å². The third-order valence-corrected chi connectivity index (χ3v) is 6.02. The number of rotatable bonds is 12. The molecule has 34 heavy (non-hydrogen) atoms. The van der Waals surface area contributed by atoms with E-state index in [9.17, 15) is 13.2 Å². The standard InChI is InChI=1S/C23H30N4O5S2/c1-17(2)26-23(33)27-34(29,30)21-16-18(7-9-20(21)32-15-14-31-3)11-13-25-22(28)10-8-19-6-4-5-12-24-19/h4-10,12,16-17H,11,13-15H2,1-3H3,(H,25,28)(H2,26,27,33)/b10-8+. The number of hydrogen-bond donors (Lipinski definition) is 3. The smallest absolute Gasteiger partial charge is 0.267 e. The predicted octanol–water partition coefficient (Wildman–Crippen LogP) is 2.04. The molecule has 0 aliphatic rings. The first-order valence-corrected chi connectivity index (χ1v) is 12.6. The molecule has 1 amide bonds. The first-order valence-electron chi connectivity index (χ1n) is 10.7. The lowest BCUT2D eigenvalue weighted by Gasteiger charge is -2.17. The highest BCUT2D eigenvalue weighted by atomic mass is 32.2. The van der Waals surface area contributed by atoms with Crippen molar-refractivity contribution >= 4 is 39.3 Å². The van der Waals surface area contributed by atoms with Crippen LogP contribution in [0.2, 0.25) is 0 Å². The van der Waals surface area contributed by atoms with Crippen LogP contribution in [0.4, 0.5) is 0 Å². The van der Waals surface area contributed by atoms with Crippen LogP contribution in [-0.4, -0.2) is 57.3 Å². The van der Waals surface area contributed by atoms with E-state index in [1.54, 1.807) is 36.5 Å². The van der Waals surface area contributed by atoms with Crippen LogP contribution in [0.1, 0.15) is 25.1 Å². The minimum atomic E-state index is -4.00. The zero-order valence-electron chi connectivity index (χ0n) is 19.4. The molecule has 1 aromatic carbocycles. The second-order valence-corrected chi connectivity index (χ2v) is 9.54. The maximum atomic E-state index is 13.0. The summed E-state index contributed by atoms with van der Waals surface area (Å²) < 4.78 is 38.9. The zero-order valence-corrected chi connectivity index (χ0v) is 21.0. The van der Waals surface area contributed by atoms with E-state index in [2.05, 4.69) is 20.3 Å². The first kappa shape index (κ1) is 27.2. The molecule has 2 aromatic rings. The molecule has 3 N–H and O–H groups in total. The summed E-state index contributed by atoms with van der Waals surface area (Å²) in [5.74, 6) is -0.0900. The van der Waals surface area contributed by atoms with Crippen LogP contribution in [0.15, 0.2) is 53.6 Å². The van der Waals surface area contributed by atoms with Crippen molar-refractivity contribution in [3.8, 4) is 5.75 Å². The molecule has 0 saturated carbocycles. The Bertz CT molecular complexity index is 1090. The fourth-order valence-electron chi connectivity index (χ4n) is 2.77. The number of aromatic nitrogens is 1. The molecule has 0 radical (unpaired) electrons. The van der Waals surface area contributed by atoms with Crippen molar-refractivity contribution < 1.29 is 22.7 Å². The number of carbonyl (C=O) groups excluding carboxylic acids is 1. The van der Waals surface area contributed by atoms with Crippen LogP contribution in [0.5, 0.6) is 5.75 Å². The Labute approximate surface area is 206 Å². The number of hydrogen-bond acceptors (Lipinski definition) is 7. The topological polar surface area (TPSA) is 119 Å². The van der Waals surface area contributed by atoms with E-state index in [-0.39, 0.29) is 34.3 Å². The SMILES string of the molecule is COCCOc1ccc(CCNC(=O)/C=C/c2ccccn2)cc1S(=O)(=O)NC(=S)NC(C)C. The molecule has 0 saturated heterocycles. The second-order valence-electron chi connectivity index (χ2n) is 7.48. The number of thiocarbonyl (C=S) groups is 1. The van der Waals surface area contributed by atoms with Gasteiger partial charge in [-0.15, -0.1) is 0 Å². The molecule has 0 bridgehead atoms. The van der Waals surface area contributed by atoms with Crippen molar-refractivity contribution in [1.82, 2.24) is 20.3 Å². The summed E-state index contributed by atoms with van der Waals surface area (Å²) in [6, 6.07) is 10.2. The zero-order chi connectivity index (χ0) is 25.0. The summed E-state index contributed by atoms with van der Waals surface area (Å²) in [4.78, 5) is 16.1. The first-order chi connectivity index (χ1) is 16.2. The number of pyridine rings is 1. The molecule has 11 heteroatoms. The van der Waals surface area contributed by atoms with Gasteiger partial charge in [-0.3, -0.25) is 14.5 Å². The van der Waals surface area contributed by atoms with Crippen LogP contribution in [-0.2, 0) is 26.0 Å². The van der Waals surface area contributed by atoms with Crippen molar-refractivity contribution in [2.75, 3.05) is 26.9 Å². The number of methoxy groups -OCH3 is 1. The Morgan fingerprint density at radius 1 is 1.21 bits per heavy atom. The summed E-state index contributed by atoms with van der Waals surface area (Å²) in [6.07, 6.45) is 5.08. The van der Waals surface area contributed by atoms with Crippen molar-refractivity contribution in [1.29, 1.82) is 0 Å². The molecule has 9 nitrogen and oxygen atoms in total. The molecular formula is C23H30N4O5S2. The van der Waals surface area contributed by atoms with E-state index in [4.69, 9.17) is 21.7 Å². The fourth-order valence-corrected chi connectivity index (χ4v) is 4.44. The minimum Gasteiger partial charge on any atom is -0.490 e. The Balaban J connectivity index is 2.08. The maximum absolute atomic E-state index is 13.0. The number of ether oxygens (including phenoxy) is 2. The van der Waals surface area contributed by atoms with Crippen LogP contribution in [0.3, 0.4) is 0 Å². The molecule has 0 fully saturated rings. The lowest BCUT2D eigenvalue weighted by Crippen LogP contribution is -2.42. The van der Waals surface area contributed by atoms with Gasteiger partial charge in [-0.25, -0.2) is 8.42 Å². The number of nitrogens with zero attached hydrogens (tertiary/aromatic N) is 1. The number of sulfonamides is 1. The Hall–Kier alpha value is -3.02. The van der Waals surface area contributed by atoms with Gasteiger partial charge in [0.1, 0.15) is 17.3 Å². The van der Waals surface area contributed by atoms with E-state index in [0.29, 0.717) is 30.8 Å². The van der Waals surface area contributed by atoms with Gasteiger partial charge < -0.3 is 20.1 Å². The van der Waals surface area contributed by atoms with Gasteiger partial charge >= 0.3 is 0 Å². The summed E-state index contributed by atoms with van der Waals surface area (Å²) >= 11 is 5.10. The van der Waals surface area contributed by atoms with Crippen molar-refractivity contribution in [2.45, 2.75) is 31.2 Å². The summed E-state index contributed by atoms with van der Waals surface area (Å²) in [7, 11) is -2.47. The molecule has 1 heterocycles. The van der Waals surface area contributed by atoms with E-state index in [0.717, 1.165) is 0 Å². The highest BCUT2D eigenvalue weighted by Gasteiger charge is 2.22. The Morgan fingerprint density at radius 3 is 2.68 bits per heavy atom. The van der Waals surface area contributed by atoms with Crippen molar-refractivity contribution in [2.24, 2.45) is 0 Å². The quantitative estimate of drug-likeness (QED) is 0.227. The molecule has 0 aliphatic carbocycles. The Kier molecular flexibility index (Phi) is 10.9. The van der Waals surface area contributed by atoms with Gasteiger partial charge in [0, 0.05) is 32.0 Å². The number of nitrogens with one attached hydrogen (secondary N) is 3. The lowest BCUT2D eigenvalue weighted by molar-refractivity contribution is -0.116. The minimum absolute atomic E-state index is 0.00444. The summed E-state index contributed by atoms with van der Waals surface area (Å²) in [6.45, 7) is 4.50. The van der Waals surface area contributed by atoms with E-state index < -0.39 is 10.0 Å². The third-order valence-electron chi connectivity index (χ3n) is 4.30. The largest absolute Gasteiger partial charge is 0.490 e. The highest BCUT2D eigenvalue weighted by molar-refractivity contribution is 7.92. The van der Waals surface area contributed by atoms with Gasteiger partial charge in [-0.05, 0) is 68.4 Å². The van der Waals surface area contributed by atoms with Gasteiger partial charge in [0.25, 0.3) is 10.0 Å². The maximum Gasteiger partial charge on any atom is 0.267 e. The molecule has 0 spiro atoms. The van der Waals surface area contributed by atoms with E-state index in [1.807, 2.05) is 19.9 Å². The van der Waals surface area contributed by atoms with Gasteiger partial charge in [0.05, 0.1) is 12.3 Å². The normalized spacial score (nSPS) is 11.4. The lowest BCUT2D eigenvalue weighted by atomic mass is 10.1. The van der Waals surface area contributed by atoms with Gasteiger partial charge in [-0.2, -0.15) is 0 Å². The van der Waals surface area contributed by atoms with Crippen LogP contribution < -0.4 is 20.1 Å². The molecule has 184 valence electrons. The monoisotopic (exact) mass is 506 g/mol. The summed E-state index contributed by atoms with van der Waals surface area (Å²) in [5, 5.41) is 5.62. The van der Waals surface area contributed by atoms with E-state index in [1.165, 1.54) is 19.3 Å². The number of amides is 1. The van der Waals surface area contributed by atoms with Crippen molar-refractivity contribution in [3.05, 3.63) is 59.9 Å². The van der Waals surface area contributed by atoms with Gasteiger partial charge in [0.15, 0.2) is 5.11 Å².